The van der Waals surface area contributed by atoms with E-state index in [2.05, 4.69) is 98.7 Å². The van der Waals surface area contributed by atoms with Crippen LogP contribution in [0.5, 0.6) is 34.5 Å². The van der Waals surface area contributed by atoms with Gasteiger partial charge in [0.1, 0.15) is 111 Å². The second-order valence-electron chi connectivity index (χ2n) is 23.0. The Labute approximate surface area is 411 Å². The first kappa shape index (κ1) is 52.3. The smallest absolute Gasteiger partial charge is 0.164 e. The van der Waals surface area contributed by atoms with E-state index in [1.54, 1.807) is 0 Å². The molecule has 12 heteroatoms. The number of rotatable bonds is 18. The lowest BCUT2D eigenvalue weighted by molar-refractivity contribution is -0.150. The molecule has 12 nitrogen and oxygen atoms in total. The summed E-state index contributed by atoms with van der Waals surface area (Å²) in [5, 5.41) is 0. The van der Waals surface area contributed by atoms with Gasteiger partial charge in [0.2, 0.25) is 0 Å². The molecule has 0 unspecified atom stereocenters. The molecule has 0 spiro atoms. The highest BCUT2D eigenvalue weighted by Gasteiger charge is 2.45. The van der Waals surface area contributed by atoms with E-state index in [9.17, 15) is 0 Å². The minimum absolute atomic E-state index is 0.0418. The van der Waals surface area contributed by atoms with Crippen molar-refractivity contribution in [2.75, 3.05) is 39.6 Å². The quantitative estimate of drug-likeness (QED) is 0.0947. The Morgan fingerprint density at radius 3 is 0.652 bits per heavy atom. The van der Waals surface area contributed by atoms with Crippen molar-refractivity contribution in [2.45, 2.75) is 174 Å². The van der Waals surface area contributed by atoms with Crippen LogP contribution in [0.15, 0.2) is 91.0 Å². The van der Waals surface area contributed by atoms with Gasteiger partial charge in [0.15, 0.2) is 17.4 Å². The monoisotopic (exact) mass is 955 g/mol. The Hall–Kier alpha value is -4.56. The second-order valence-corrected chi connectivity index (χ2v) is 23.0. The van der Waals surface area contributed by atoms with E-state index in [4.69, 9.17) is 56.8 Å². The maximum atomic E-state index is 6.51. The van der Waals surface area contributed by atoms with Crippen LogP contribution in [0.2, 0.25) is 0 Å². The first-order valence-corrected chi connectivity index (χ1v) is 24.5. The van der Waals surface area contributed by atoms with Gasteiger partial charge in [-0.15, -0.1) is 0 Å². The van der Waals surface area contributed by atoms with Gasteiger partial charge < -0.3 is 56.8 Å². The Balaban J connectivity index is 1.05. The van der Waals surface area contributed by atoms with Crippen LogP contribution in [0, 0.1) is 0 Å². The van der Waals surface area contributed by atoms with Crippen LogP contribution in [0.3, 0.4) is 0 Å². The standard InChI is InChI=1S/C57H78O12/c1-52(2,3)37-16-22-40(23-17-37)58-31-46-49(67-55(10,11)64-46)34-61-43-28-44(62-35-50-47(65-56(12,13)68-50)32-59-41-24-18-38(19-25-41)53(4,5)6)30-45(29-43)63-36-51-48(66-57(14,15)69-51)33-60-42-26-20-39(21-27-42)54(7,8)9/h16-30,46-51H,31-36H2,1-15H3/t46-,47-,48+,49-,50-,51+/m1/s1. The van der Waals surface area contributed by atoms with Crippen LogP contribution >= 0.6 is 0 Å². The second kappa shape index (κ2) is 20.7. The predicted molar refractivity (Wildman–Crippen MR) is 266 cm³/mol. The minimum atomic E-state index is -0.835. The highest BCUT2D eigenvalue weighted by molar-refractivity contribution is 5.42. The molecule has 3 aliphatic heterocycles. The fourth-order valence-electron chi connectivity index (χ4n) is 8.59. The Bertz CT molecular complexity index is 2000. The molecular formula is C57H78O12. The Morgan fingerprint density at radius 2 is 0.478 bits per heavy atom. The molecule has 4 aromatic carbocycles. The molecular weight excluding hydrogens is 877 g/mol. The molecule has 378 valence electrons. The van der Waals surface area contributed by atoms with E-state index in [1.807, 2.05) is 96.1 Å². The van der Waals surface area contributed by atoms with Gasteiger partial charge >= 0.3 is 0 Å². The van der Waals surface area contributed by atoms with E-state index in [0.29, 0.717) is 17.2 Å². The van der Waals surface area contributed by atoms with Crippen molar-refractivity contribution in [1.29, 1.82) is 0 Å². The maximum absolute atomic E-state index is 6.51. The molecule has 69 heavy (non-hydrogen) atoms. The largest absolute Gasteiger partial charge is 0.491 e. The molecule has 0 N–H and O–H groups in total. The average Bonchev–Trinajstić information content (AvgIpc) is 3.86. The van der Waals surface area contributed by atoms with Gasteiger partial charge in [0.25, 0.3) is 0 Å². The maximum Gasteiger partial charge on any atom is 0.164 e. The Kier molecular flexibility index (Phi) is 15.6. The van der Waals surface area contributed by atoms with E-state index in [-0.39, 0.29) is 55.9 Å². The molecule has 4 aromatic rings. The van der Waals surface area contributed by atoms with Gasteiger partial charge in [-0.05, 0) is 111 Å². The third-order valence-corrected chi connectivity index (χ3v) is 12.4. The number of ether oxygens (including phenoxy) is 12. The van der Waals surface area contributed by atoms with Crippen LogP contribution in [0.4, 0.5) is 0 Å². The average molecular weight is 955 g/mol. The van der Waals surface area contributed by atoms with Crippen LogP contribution in [-0.2, 0) is 44.7 Å². The molecule has 0 radical (unpaired) electrons. The zero-order valence-corrected chi connectivity index (χ0v) is 43.8. The Morgan fingerprint density at radius 1 is 0.304 bits per heavy atom. The summed E-state index contributed by atoms with van der Waals surface area (Å²) >= 11 is 0. The van der Waals surface area contributed by atoms with Crippen LogP contribution in [-0.4, -0.2) is 93.6 Å². The molecule has 0 bridgehead atoms. The third kappa shape index (κ3) is 14.7. The van der Waals surface area contributed by atoms with Gasteiger partial charge in [-0.1, -0.05) is 98.7 Å². The van der Waals surface area contributed by atoms with E-state index < -0.39 is 54.0 Å². The molecule has 6 atom stereocenters. The lowest BCUT2D eigenvalue weighted by Gasteiger charge is -2.22. The van der Waals surface area contributed by atoms with Crippen molar-refractivity contribution >= 4 is 0 Å². The normalized spacial score (nSPS) is 24.2. The SMILES string of the molecule is CC1(C)O[C@@H](COc2ccc(C(C)(C)C)cc2)[C@H](COc2cc(OC[C@H]3OC(C)(C)O[C@@H]3COc3ccc(C(C)(C)C)cc3)cc(OC[C@H]3OC(C)(C)O[C@@H]3COc3ccc(C(C)(C)C)cc3)c2)O1. The molecule has 3 heterocycles. The van der Waals surface area contributed by atoms with Crippen molar-refractivity contribution in [1.82, 2.24) is 0 Å². The first-order chi connectivity index (χ1) is 32.2. The summed E-state index contributed by atoms with van der Waals surface area (Å²) in [6, 6.07) is 30.1. The van der Waals surface area contributed by atoms with Gasteiger partial charge in [-0.3, -0.25) is 0 Å². The van der Waals surface area contributed by atoms with Gasteiger partial charge in [-0.25, -0.2) is 0 Å². The summed E-state index contributed by atoms with van der Waals surface area (Å²) in [6.45, 7) is 32.5. The molecule has 0 aliphatic carbocycles. The predicted octanol–water partition coefficient (Wildman–Crippen LogP) is 11.5. The lowest BCUT2D eigenvalue weighted by atomic mass is 9.87. The minimum Gasteiger partial charge on any atom is -0.491 e. The van der Waals surface area contributed by atoms with Crippen molar-refractivity contribution in [3.8, 4) is 34.5 Å². The highest BCUT2D eigenvalue weighted by atomic mass is 16.8. The van der Waals surface area contributed by atoms with Crippen molar-refractivity contribution in [3.05, 3.63) is 108 Å². The summed E-state index contributed by atoms with van der Waals surface area (Å²) in [6.07, 6.45) is -2.48. The van der Waals surface area contributed by atoms with Gasteiger partial charge in [0.05, 0.1) is 0 Å². The summed E-state index contributed by atoms with van der Waals surface area (Å²) in [7, 11) is 0. The fraction of sp³-hybridized carbons (Fsp3) is 0.579. The number of hydrogen-bond acceptors (Lipinski definition) is 12. The zero-order valence-electron chi connectivity index (χ0n) is 43.8. The van der Waals surface area contributed by atoms with Crippen LogP contribution < -0.4 is 28.4 Å². The molecule has 0 amide bonds. The summed E-state index contributed by atoms with van der Waals surface area (Å²) < 4.78 is 76.3. The van der Waals surface area contributed by atoms with Gasteiger partial charge in [0, 0.05) is 18.2 Å². The van der Waals surface area contributed by atoms with Crippen LogP contribution in [0.1, 0.15) is 121 Å². The number of benzene rings is 4. The van der Waals surface area contributed by atoms with Crippen molar-refractivity contribution in [2.24, 2.45) is 0 Å². The van der Waals surface area contributed by atoms with Gasteiger partial charge in [-0.2, -0.15) is 0 Å². The molecule has 3 aliphatic rings. The van der Waals surface area contributed by atoms with Crippen LogP contribution in [0.25, 0.3) is 0 Å². The summed E-state index contributed by atoms with van der Waals surface area (Å²) in [4.78, 5) is 0. The number of hydrogen-bond donors (Lipinski definition) is 0. The fourth-order valence-corrected chi connectivity index (χ4v) is 8.59. The molecule has 3 fully saturated rings. The third-order valence-electron chi connectivity index (χ3n) is 12.4. The first-order valence-electron chi connectivity index (χ1n) is 24.5. The summed E-state index contributed by atoms with van der Waals surface area (Å²) in [5.41, 5.74) is 3.82. The highest BCUT2D eigenvalue weighted by Crippen LogP contribution is 2.36. The van der Waals surface area contributed by atoms with Crippen molar-refractivity contribution in [3.63, 3.8) is 0 Å². The molecule has 0 saturated carbocycles. The molecule has 0 aromatic heterocycles. The van der Waals surface area contributed by atoms with E-state index >= 15 is 0 Å². The lowest BCUT2D eigenvalue weighted by Crippen LogP contribution is -2.34. The topological polar surface area (TPSA) is 111 Å². The molecule has 7 rings (SSSR count). The van der Waals surface area contributed by atoms with Crippen molar-refractivity contribution < 1.29 is 56.8 Å². The van der Waals surface area contributed by atoms with E-state index in [1.165, 1.54) is 16.7 Å². The zero-order chi connectivity index (χ0) is 50.0. The summed E-state index contributed by atoms with van der Waals surface area (Å²) in [5.74, 6) is 1.31. The molecule has 3 saturated heterocycles. The van der Waals surface area contributed by atoms with E-state index in [0.717, 1.165) is 17.2 Å².